The molecule has 0 aliphatic carbocycles. The third-order valence-corrected chi connectivity index (χ3v) is 3.96. The summed E-state index contributed by atoms with van der Waals surface area (Å²) in [6.45, 7) is 8.80. The lowest BCUT2D eigenvalue weighted by Crippen LogP contribution is -2.47. The maximum absolute atomic E-state index is 11.2. The van der Waals surface area contributed by atoms with Crippen molar-refractivity contribution >= 4 is 6.29 Å². The van der Waals surface area contributed by atoms with Gasteiger partial charge in [-0.25, -0.2) is 0 Å². The first-order valence-electron chi connectivity index (χ1n) is 9.41. The average Bonchev–Trinajstić information content (AvgIpc) is 2.60. The van der Waals surface area contributed by atoms with E-state index in [9.17, 15) is 4.79 Å². The van der Waals surface area contributed by atoms with Crippen LogP contribution in [0.5, 0.6) is 0 Å². The molecule has 0 radical (unpaired) electrons. The summed E-state index contributed by atoms with van der Waals surface area (Å²) >= 11 is 0. The molecule has 1 aliphatic heterocycles. The lowest BCUT2D eigenvalue weighted by molar-refractivity contribution is -0.148. The van der Waals surface area contributed by atoms with Crippen LogP contribution in [0.1, 0.15) is 59.3 Å². The summed E-state index contributed by atoms with van der Waals surface area (Å²) in [5, 5.41) is 0. The highest BCUT2D eigenvalue weighted by Gasteiger charge is 2.36. The van der Waals surface area contributed by atoms with Crippen LogP contribution in [0.15, 0.2) is 11.8 Å². The zero-order valence-corrected chi connectivity index (χ0v) is 15.5. The maximum atomic E-state index is 11.2. The Hall–Kier alpha value is -0.910. The molecule has 0 fully saturated rings. The van der Waals surface area contributed by atoms with E-state index in [0.717, 1.165) is 44.8 Å². The molecule has 0 aromatic rings. The fraction of sp³-hybridized carbons (Fsp3) is 0.842. The van der Waals surface area contributed by atoms with Crippen molar-refractivity contribution in [3.63, 3.8) is 0 Å². The van der Waals surface area contributed by atoms with Gasteiger partial charge in [0.15, 0.2) is 18.1 Å². The van der Waals surface area contributed by atoms with Crippen molar-refractivity contribution in [3.05, 3.63) is 11.8 Å². The highest BCUT2D eigenvalue weighted by atomic mass is 16.6. The first-order chi connectivity index (χ1) is 11.8. The van der Waals surface area contributed by atoms with Crippen LogP contribution in [0.4, 0.5) is 0 Å². The molecule has 140 valence electrons. The van der Waals surface area contributed by atoms with Gasteiger partial charge in [0.1, 0.15) is 12.2 Å². The molecule has 0 amide bonds. The van der Waals surface area contributed by atoms with Gasteiger partial charge >= 0.3 is 0 Å². The summed E-state index contributed by atoms with van der Waals surface area (Å²) in [4.78, 5) is 11.2. The first-order valence-corrected chi connectivity index (χ1v) is 9.41. The maximum Gasteiger partial charge on any atom is 0.184 e. The van der Waals surface area contributed by atoms with E-state index in [2.05, 4.69) is 20.8 Å². The van der Waals surface area contributed by atoms with Gasteiger partial charge in [-0.3, -0.25) is 4.79 Å². The zero-order chi connectivity index (χ0) is 17.6. The van der Waals surface area contributed by atoms with Crippen LogP contribution >= 0.6 is 0 Å². The molecule has 3 atom stereocenters. The van der Waals surface area contributed by atoms with Gasteiger partial charge in [-0.2, -0.15) is 0 Å². The van der Waals surface area contributed by atoms with E-state index < -0.39 is 0 Å². The average molecular weight is 342 g/mol. The first kappa shape index (κ1) is 21.1. The van der Waals surface area contributed by atoms with E-state index in [-0.39, 0.29) is 18.3 Å². The smallest absolute Gasteiger partial charge is 0.184 e. The number of aldehydes is 1. The molecule has 0 aromatic carbocycles. The molecular formula is C19H34O5. The summed E-state index contributed by atoms with van der Waals surface area (Å²) in [6, 6.07) is 0. The molecule has 5 heteroatoms. The van der Waals surface area contributed by atoms with Crippen molar-refractivity contribution in [3.8, 4) is 0 Å². The molecule has 0 N–H and O–H groups in total. The topological polar surface area (TPSA) is 54.0 Å². The summed E-state index contributed by atoms with van der Waals surface area (Å²) in [7, 11) is 0. The highest BCUT2D eigenvalue weighted by Crippen LogP contribution is 2.23. The monoisotopic (exact) mass is 342 g/mol. The summed E-state index contributed by atoms with van der Waals surface area (Å²) < 4.78 is 23.5. The minimum atomic E-state index is -0.310. The summed E-state index contributed by atoms with van der Waals surface area (Å²) in [5.74, 6) is 0.316. The predicted molar refractivity (Wildman–Crippen MR) is 94.0 cm³/mol. The fourth-order valence-corrected chi connectivity index (χ4v) is 2.46. The molecule has 0 saturated carbocycles. The molecule has 0 saturated heterocycles. The molecule has 1 rings (SSSR count). The van der Waals surface area contributed by atoms with Crippen LogP contribution < -0.4 is 0 Å². The molecular weight excluding hydrogens is 308 g/mol. The van der Waals surface area contributed by atoms with Crippen LogP contribution in [-0.4, -0.2) is 51.0 Å². The van der Waals surface area contributed by atoms with Gasteiger partial charge in [0, 0.05) is 19.8 Å². The van der Waals surface area contributed by atoms with Crippen molar-refractivity contribution < 1.29 is 23.7 Å². The van der Waals surface area contributed by atoms with E-state index in [4.69, 9.17) is 18.9 Å². The lowest BCUT2D eigenvalue weighted by atomic mass is 10.0. The lowest BCUT2D eigenvalue weighted by Gasteiger charge is -2.36. The number of hydrogen-bond donors (Lipinski definition) is 0. The SMILES string of the molecule is CCCCOCC1OC(C=O)=C[C@@H](OCCCC)[C@H]1OCCCC. The largest absolute Gasteiger partial charge is 0.482 e. The second-order valence-corrected chi connectivity index (χ2v) is 6.15. The predicted octanol–water partition coefficient (Wildman–Crippen LogP) is 3.66. The van der Waals surface area contributed by atoms with E-state index in [1.807, 2.05) is 0 Å². The number of unbranched alkanes of at least 4 members (excludes halogenated alkanes) is 3. The number of allylic oxidation sites excluding steroid dienone is 1. The Labute approximate surface area is 146 Å². The van der Waals surface area contributed by atoms with Gasteiger partial charge in [-0.15, -0.1) is 0 Å². The van der Waals surface area contributed by atoms with Gasteiger partial charge in [0.25, 0.3) is 0 Å². The molecule has 24 heavy (non-hydrogen) atoms. The van der Waals surface area contributed by atoms with Gasteiger partial charge in [0.05, 0.1) is 6.61 Å². The van der Waals surface area contributed by atoms with E-state index in [1.165, 1.54) is 0 Å². The minimum absolute atomic E-state index is 0.237. The number of carbonyl (C=O) groups excluding carboxylic acids is 1. The van der Waals surface area contributed by atoms with Crippen molar-refractivity contribution in [2.45, 2.75) is 77.6 Å². The number of ether oxygens (including phenoxy) is 4. The standard InChI is InChI=1S/C19H34O5/c1-4-7-10-21-15-18-19(23-12-9-6-3)17(22-11-8-5-2)13-16(14-20)24-18/h13-14,17-19H,4-12,15H2,1-3H3/t17-,18?,19-/m1/s1. The Morgan fingerprint density at radius 3 is 2.25 bits per heavy atom. The number of rotatable bonds is 14. The molecule has 0 bridgehead atoms. The summed E-state index contributed by atoms with van der Waals surface area (Å²) in [6.07, 6.45) is 7.88. The van der Waals surface area contributed by atoms with Gasteiger partial charge in [-0.05, 0) is 25.3 Å². The number of carbonyl (C=O) groups is 1. The second kappa shape index (κ2) is 13.4. The molecule has 5 nitrogen and oxygen atoms in total. The van der Waals surface area contributed by atoms with Crippen molar-refractivity contribution in [2.75, 3.05) is 26.4 Å². The summed E-state index contributed by atoms with van der Waals surface area (Å²) in [5.41, 5.74) is 0. The van der Waals surface area contributed by atoms with Gasteiger partial charge < -0.3 is 18.9 Å². The Balaban J connectivity index is 2.70. The van der Waals surface area contributed by atoms with Crippen molar-refractivity contribution in [2.24, 2.45) is 0 Å². The quantitative estimate of drug-likeness (QED) is 0.356. The van der Waals surface area contributed by atoms with E-state index in [0.29, 0.717) is 32.2 Å². The number of hydrogen-bond acceptors (Lipinski definition) is 5. The third kappa shape index (κ3) is 7.77. The fourth-order valence-electron chi connectivity index (χ4n) is 2.46. The molecule has 1 aliphatic rings. The van der Waals surface area contributed by atoms with Crippen LogP contribution in [0.3, 0.4) is 0 Å². The zero-order valence-electron chi connectivity index (χ0n) is 15.5. The Morgan fingerprint density at radius 2 is 1.62 bits per heavy atom. The van der Waals surface area contributed by atoms with Crippen LogP contribution in [0, 0.1) is 0 Å². The highest BCUT2D eigenvalue weighted by molar-refractivity contribution is 5.70. The minimum Gasteiger partial charge on any atom is -0.482 e. The Morgan fingerprint density at radius 1 is 1.00 bits per heavy atom. The molecule has 1 heterocycles. The van der Waals surface area contributed by atoms with Gasteiger partial charge in [-0.1, -0.05) is 40.0 Å². The van der Waals surface area contributed by atoms with E-state index >= 15 is 0 Å². The third-order valence-electron chi connectivity index (χ3n) is 3.96. The van der Waals surface area contributed by atoms with Crippen molar-refractivity contribution in [1.82, 2.24) is 0 Å². The molecule has 1 unspecified atom stereocenters. The normalized spacial score (nSPS) is 23.6. The Bertz CT molecular complexity index is 356. The van der Waals surface area contributed by atoms with Crippen LogP contribution in [-0.2, 0) is 23.7 Å². The van der Waals surface area contributed by atoms with E-state index in [1.54, 1.807) is 6.08 Å². The van der Waals surface area contributed by atoms with Crippen LogP contribution in [0.25, 0.3) is 0 Å². The van der Waals surface area contributed by atoms with Gasteiger partial charge in [0.2, 0.25) is 0 Å². The van der Waals surface area contributed by atoms with Crippen molar-refractivity contribution in [1.29, 1.82) is 0 Å². The second-order valence-electron chi connectivity index (χ2n) is 6.15. The Kier molecular flexibility index (Phi) is 11.8. The van der Waals surface area contributed by atoms with Crippen LogP contribution in [0.2, 0.25) is 0 Å². The molecule has 0 aromatic heterocycles. The molecule has 0 spiro atoms.